The Labute approximate surface area is 114 Å². The van der Waals surface area contributed by atoms with Crippen LogP contribution in [-0.4, -0.2) is 24.6 Å². The summed E-state index contributed by atoms with van der Waals surface area (Å²) in [5, 5.41) is 0. The zero-order valence-electron chi connectivity index (χ0n) is 11.4. The van der Waals surface area contributed by atoms with Gasteiger partial charge in [0.2, 0.25) is 0 Å². The van der Waals surface area contributed by atoms with E-state index in [9.17, 15) is 4.79 Å². The van der Waals surface area contributed by atoms with Crippen molar-refractivity contribution >= 4 is 23.4 Å². The number of ether oxygens (including phenoxy) is 1. The molecule has 18 heavy (non-hydrogen) atoms. The number of carbonyl (C=O) groups is 1. The number of benzene rings is 1. The average Bonchev–Trinajstić information content (AvgIpc) is 2.27. The summed E-state index contributed by atoms with van der Waals surface area (Å²) >= 11 is 5.68. The molecule has 1 rings (SSSR count). The molecule has 0 atom stereocenters. The highest BCUT2D eigenvalue weighted by molar-refractivity contribution is 6.17. The molecule has 3 nitrogen and oxygen atoms in total. The quantitative estimate of drug-likeness (QED) is 0.781. The molecule has 1 aromatic rings. The summed E-state index contributed by atoms with van der Waals surface area (Å²) in [5.74, 6) is 0.598. The van der Waals surface area contributed by atoms with Crippen LogP contribution < -0.4 is 4.90 Å². The second kappa shape index (κ2) is 6.10. The Morgan fingerprint density at radius 2 is 1.83 bits per heavy atom. The van der Waals surface area contributed by atoms with Gasteiger partial charge < -0.3 is 4.74 Å². The van der Waals surface area contributed by atoms with E-state index in [1.807, 2.05) is 45.0 Å². The number of hydrogen-bond donors (Lipinski definition) is 0. The SMILES string of the molecule is CN(C(=O)OC(C)(C)C)c1ccc(CCCl)cc1. The van der Waals surface area contributed by atoms with Crippen molar-refractivity contribution < 1.29 is 9.53 Å². The largest absolute Gasteiger partial charge is 0.443 e. The summed E-state index contributed by atoms with van der Waals surface area (Å²) in [6.45, 7) is 5.55. The van der Waals surface area contributed by atoms with Gasteiger partial charge in [-0.3, -0.25) is 4.90 Å². The maximum Gasteiger partial charge on any atom is 0.414 e. The minimum absolute atomic E-state index is 0.354. The van der Waals surface area contributed by atoms with Gasteiger partial charge in [0.1, 0.15) is 5.60 Å². The average molecular weight is 270 g/mol. The van der Waals surface area contributed by atoms with Gasteiger partial charge in [0.05, 0.1) is 0 Å². The topological polar surface area (TPSA) is 29.5 Å². The Hall–Kier alpha value is -1.22. The lowest BCUT2D eigenvalue weighted by atomic mass is 10.1. The molecule has 0 saturated heterocycles. The first-order valence-corrected chi connectivity index (χ1v) is 6.48. The zero-order valence-corrected chi connectivity index (χ0v) is 12.1. The van der Waals surface area contributed by atoms with Gasteiger partial charge in [0.25, 0.3) is 0 Å². The van der Waals surface area contributed by atoms with Crippen LogP contribution in [0.4, 0.5) is 10.5 Å². The lowest BCUT2D eigenvalue weighted by Crippen LogP contribution is -2.34. The summed E-state index contributed by atoms with van der Waals surface area (Å²) in [5.41, 5.74) is 1.48. The summed E-state index contributed by atoms with van der Waals surface area (Å²) < 4.78 is 5.30. The molecule has 0 fully saturated rings. The first-order valence-electron chi connectivity index (χ1n) is 5.95. The molecule has 1 aromatic carbocycles. The number of aryl methyl sites for hydroxylation is 1. The highest BCUT2D eigenvalue weighted by atomic mass is 35.5. The molecule has 100 valence electrons. The molecule has 0 radical (unpaired) electrons. The van der Waals surface area contributed by atoms with E-state index in [0.717, 1.165) is 17.7 Å². The fourth-order valence-electron chi connectivity index (χ4n) is 1.43. The molecule has 0 aliphatic heterocycles. The summed E-state index contributed by atoms with van der Waals surface area (Å²) in [6, 6.07) is 7.73. The van der Waals surface area contributed by atoms with E-state index in [1.54, 1.807) is 7.05 Å². The number of nitrogens with zero attached hydrogens (tertiary/aromatic N) is 1. The molecule has 1 amide bonds. The number of hydrogen-bond acceptors (Lipinski definition) is 2. The summed E-state index contributed by atoms with van der Waals surface area (Å²) in [7, 11) is 1.70. The van der Waals surface area contributed by atoms with Crippen molar-refractivity contribution in [1.82, 2.24) is 0 Å². The smallest absolute Gasteiger partial charge is 0.414 e. The summed E-state index contributed by atoms with van der Waals surface area (Å²) in [6.07, 6.45) is 0.477. The normalized spacial score (nSPS) is 11.2. The highest BCUT2D eigenvalue weighted by Gasteiger charge is 2.20. The Morgan fingerprint density at radius 1 is 1.28 bits per heavy atom. The van der Waals surface area contributed by atoms with Crippen molar-refractivity contribution in [1.29, 1.82) is 0 Å². The van der Waals surface area contributed by atoms with Crippen molar-refractivity contribution in [2.24, 2.45) is 0 Å². The molecule has 0 unspecified atom stereocenters. The number of anilines is 1. The van der Waals surface area contributed by atoms with Gasteiger partial charge in [-0.15, -0.1) is 11.6 Å². The van der Waals surface area contributed by atoms with E-state index < -0.39 is 5.60 Å². The van der Waals surface area contributed by atoms with E-state index in [4.69, 9.17) is 16.3 Å². The fraction of sp³-hybridized carbons (Fsp3) is 0.500. The number of halogens is 1. The van der Waals surface area contributed by atoms with Crippen molar-refractivity contribution in [2.75, 3.05) is 17.8 Å². The van der Waals surface area contributed by atoms with E-state index in [2.05, 4.69) is 0 Å². The van der Waals surface area contributed by atoms with E-state index >= 15 is 0 Å². The van der Waals surface area contributed by atoms with E-state index in [1.165, 1.54) is 4.90 Å². The fourth-order valence-corrected chi connectivity index (χ4v) is 1.65. The highest BCUT2D eigenvalue weighted by Crippen LogP contribution is 2.17. The third-order valence-corrected chi connectivity index (χ3v) is 2.56. The van der Waals surface area contributed by atoms with Gasteiger partial charge in [-0.05, 0) is 44.9 Å². The van der Waals surface area contributed by atoms with Gasteiger partial charge in [0.15, 0.2) is 0 Å². The molecular weight excluding hydrogens is 250 g/mol. The standard InChI is InChI=1S/C14H20ClNO2/c1-14(2,3)18-13(17)16(4)12-7-5-11(6-8-12)9-10-15/h5-8H,9-10H2,1-4H3. The number of amides is 1. The molecule has 0 aliphatic rings. The Balaban J connectivity index is 2.71. The third-order valence-electron chi connectivity index (χ3n) is 2.37. The maximum absolute atomic E-state index is 11.9. The molecule has 0 N–H and O–H groups in total. The van der Waals surface area contributed by atoms with Crippen LogP contribution in [0.15, 0.2) is 24.3 Å². The van der Waals surface area contributed by atoms with Crippen LogP contribution in [0.3, 0.4) is 0 Å². The maximum atomic E-state index is 11.9. The van der Waals surface area contributed by atoms with Gasteiger partial charge in [-0.25, -0.2) is 4.79 Å². The molecule has 0 aliphatic carbocycles. The minimum Gasteiger partial charge on any atom is -0.443 e. The second-order valence-corrected chi connectivity index (χ2v) is 5.52. The van der Waals surface area contributed by atoms with Gasteiger partial charge in [-0.1, -0.05) is 12.1 Å². The molecule has 4 heteroatoms. The Kier molecular flexibility index (Phi) is 5.03. The lowest BCUT2D eigenvalue weighted by molar-refractivity contribution is 0.0589. The lowest BCUT2D eigenvalue weighted by Gasteiger charge is -2.24. The van der Waals surface area contributed by atoms with Gasteiger partial charge in [-0.2, -0.15) is 0 Å². The van der Waals surface area contributed by atoms with Crippen LogP contribution in [0, 0.1) is 0 Å². The predicted molar refractivity (Wildman–Crippen MR) is 75.5 cm³/mol. The number of rotatable bonds is 3. The van der Waals surface area contributed by atoms with Crippen molar-refractivity contribution in [3.63, 3.8) is 0 Å². The molecule has 0 aromatic heterocycles. The Morgan fingerprint density at radius 3 is 2.28 bits per heavy atom. The molecule has 0 heterocycles. The minimum atomic E-state index is -0.482. The second-order valence-electron chi connectivity index (χ2n) is 5.14. The van der Waals surface area contributed by atoms with Crippen LogP contribution in [0.1, 0.15) is 26.3 Å². The van der Waals surface area contributed by atoms with Crippen LogP contribution in [0.5, 0.6) is 0 Å². The van der Waals surface area contributed by atoms with Crippen molar-refractivity contribution in [3.8, 4) is 0 Å². The molecular formula is C14H20ClNO2. The summed E-state index contributed by atoms with van der Waals surface area (Å²) in [4.78, 5) is 13.3. The number of alkyl halides is 1. The molecule has 0 bridgehead atoms. The van der Waals surface area contributed by atoms with Gasteiger partial charge in [0, 0.05) is 18.6 Å². The molecule has 0 spiro atoms. The predicted octanol–water partition coefficient (Wildman–Crippen LogP) is 3.84. The number of carbonyl (C=O) groups excluding carboxylic acids is 1. The molecule has 0 saturated carbocycles. The third kappa shape index (κ3) is 4.57. The van der Waals surface area contributed by atoms with E-state index in [0.29, 0.717) is 5.88 Å². The van der Waals surface area contributed by atoms with Crippen LogP contribution in [0.25, 0.3) is 0 Å². The Bertz CT molecular complexity index is 395. The monoisotopic (exact) mass is 269 g/mol. The first-order chi connectivity index (χ1) is 8.33. The first kappa shape index (κ1) is 14.8. The van der Waals surface area contributed by atoms with Crippen LogP contribution >= 0.6 is 11.6 Å². The van der Waals surface area contributed by atoms with Crippen molar-refractivity contribution in [2.45, 2.75) is 32.8 Å². The van der Waals surface area contributed by atoms with Crippen LogP contribution in [-0.2, 0) is 11.2 Å². The van der Waals surface area contributed by atoms with Crippen LogP contribution in [0.2, 0.25) is 0 Å². The van der Waals surface area contributed by atoms with Crippen molar-refractivity contribution in [3.05, 3.63) is 29.8 Å². The van der Waals surface area contributed by atoms with E-state index in [-0.39, 0.29) is 6.09 Å². The zero-order chi connectivity index (χ0) is 13.8. The van der Waals surface area contributed by atoms with Gasteiger partial charge >= 0.3 is 6.09 Å².